The van der Waals surface area contributed by atoms with Crippen molar-refractivity contribution >= 4 is 28.8 Å². The molecule has 0 spiro atoms. The third-order valence-corrected chi connectivity index (χ3v) is 4.07. The Balaban J connectivity index is 2.19. The minimum absolute atomic E-state index is 0.193. The zero-order valence-electron chi connectivity index (χ0n) is 11.3. The molecular formula is C13H9ClN4O3S. The molecule has 2 aliphatic rings. The molecule has 0 saturated carbocycles. The van der Waals surface area contributed by atoms with Gasteiger partial charge in [-0.15, -0.1) is 11.3 Å². The third-order valence-electron chi connectivity index (χ3n) is 3.04. The Bertz CT molecular complexity index is 958. The van der Waals surface area contributed by atoms with Crippen LogP contribution in [0.1, 0.15) is 17.4 Å². The van der Waals surface area contributed by atoms with Crippen LogP contribution < -0.4 is 11.2 Å². The van der Waals surface area contributed by atoms with Crippen molar-refractivity contribution in [2.75, 3.05) is 0 Å². The molecule has 1 aromatic rings. The van der Waals surface area contributed by atoms with Gasteiger partial charge in [0.15, 0.2) is 10.3 Å². The largest absolute Gasteiger partial charge is 0.359 e. The van der Waals surface area contributed by atoms with Crippen LogP contribution in [0.3, 0.4) is 0 Å². The Labute approximate surface area is 132 Å². The van der Waals surface area contributed by atoms with Gasteiger partial charge >= 0.3 is 5.69 Å². The predicted molar refractivity (Wildman–Crippen MR) is 81.9 cm³/mol. The molecule has 0 saturated heterocycles. The van der Waals surface area contributed by atoms with Crippen molar-refractivity contribution < 1.29 is 4.79 Å². The molecule has 0 unspecified atom stereocenters. The van der Waals surface area contributed by atoms with E-state index >= 15 is 0 Å². The predicted octanol–water partition coefficient (Wildman–Crippen LogP) is 1.33. The number of halogens is 1. The van der Waals surface area contributed by atoms with E-state index in [2.05, 4.69) is 9.97 Å². The molecule has 0 aromatic carbocycles. The van der Waals surface area contributed by atoms with Crippen molar-refractivity contribution in [3.05, 3.63) is 54.7 Å². The van der Waals surface area contributed by atoms with Gasteiger partial charge in [-0.1, -0.05) is 11.6 Å². The lowest BCUT2D eigenvalue weighted by molar-refractivity contribution is 0.0927. The maximum atomic E-state index is 12.3. The number of aromatic nitrogens is 4. The first kappa shape index (κ1) is 14.6. The number of hydrogen-bond acceptors (Lipinski definition) is 6. The summed E-state index contributed by atoms with van der Waals surface area (Å²) in [6.07, 6.45) is 1.68. The van der Waals surface area contributed by atoms with Crippen molar-refractivity contribution in [3.63, 3.8) is 0 Å². The van der Waals surface area contributed by atoms with Gasteiger partial charge in [-0.2, -0.15) is 9.55 Å². The van der Waals surface area contributed by atoms with Crippen LogP contribution in [0.4, 0.5) is 0 Å². The number of carbonyl (C=O) groups excluding carboxylic acids is 1. The quantitative estimate of drug-likeness (QED) is 0.704. The summed E-state index contributed by atoms with van der Waals surface area (Å²) in [6.45, 7) is 1.46. The molecule has 0 bridgehead atoms. The van der Waals surface area contributed by atoms with E-state index in [0.717, 1.165) is 6.92 Å². The van der Waals surface area contributed by atoms with Crippen LogP contribution in [0.25, 0.3) is 11.4 Å². The van der Waals surface area contributed by atoms with E-state index in [9.17, 15) is 14.4 Å². The van der Waals surface area contributed by atoms with E-state index in [1.165, 1.54) is 17.4 Å². The molecule has 0 atom stereocenters. The minimum atomic E-state index is -0.888. The molecule has 7 nitrogen and oxygen atoms in total. The van der Waals surface area contributed by atoms with Gasteiger partial charge in [0, 0.05) is 18.5 Å². The van der Waals surface area contributed by atoms with Crippen LogP contribution in [0.5, 0.6) is 0 Å². The first-order valence-electron chi connectivity index (χ1n) is 6.20. The van der Waals surface area contributed by atoms with Crippen LogP contribution in [-0.4, -0.2) is 25.0 Å². The van der Waals surface area contributed by atoms with Gasteiger partial charge in [0.1, 0.15) is 0 Å². The number of hydrogen-bond donors (Lipinski definition) is 0. The lowest BCUT2D eigenvalue weighted by atomic mass is 10.2. The molecule has 0 radical (unpaired) electrons. The molecule has 0 aliphatic carbocycles. The number of carbonyl (C=O) groups is 1. The van der Waals surface area contributed by atoms with Gasteiger partial charge in [0.2, 0.25) is 5.91 Å². The van der Waals surface area contributed by atoms with Crippen LogP contribution in [0.15, 0.2) is 33.3 Å². The molecule has 0 fully saturated rings. The normalized spacial score (nSPS) is 11.0. The Kier molecular flexibility index (Phi) is 3.63. The highest BCUT2D eigenvalue weighted by Crippen LogP contribution is 2.18. The first-order valence-corrected chi connectivity index (χ1v) is 7.46. The first-order chi connectivity index (χ1) is 10.5. The zero-order valence-corrected chi connectivity index (χ0v) is 12.9. The Morgan fingerprint density at radius 3 is 2.77 bits per heavy atom. The molecule has 1 aromatic heterocycles. The maximum absolute atomic E-state index is 12.3. The smallest absolute Gasteiger partial charge is 0.326 e. The maximum Gasteiger partial charge on any atom is 0.359 e. The van der Waals surface area contributed by atoms with E-state index < -0.39 is 17.2 Å². The number of nitrogens with zero attached hydrogens (tertiary/aromatic N) is 4. The minimum Gasteiger partial charge on any atom is -0.326 e. The molecule has 3 heterocycles. The van der Waals surface area contributed by atoms with E-state index in [-0.39, 0.29) is 11.4 Å². The molecule has 0 amide bonds. The molecule has 2 aliphatic heterocycles. The lowest BCUT2D eigenvalue weighted by Gasteiger charge is -2.13. The lowest BCUT2D eigenvalue weighted by Crippen LogP contribution is -2.40. The van der Waals surface area contributed by atoms with Crippen LogP contribution in [0, 0.1) is 0 Å². The van der Waals surface area contributed by atoms with Crippen molar-refractivity contribution in [1.29, 1.82) is 0 Å². The summed E-state index contributed by atoms with van der Waals surface area (Å²) in [5, 5.41) is 1.78. The molecule has 9 heteroatoms. The van der Waals surface area contributed by atoms with Crippen molar-refractivity contribution in [2.45, 2.75) is 13.5 Å². The van der Waals surface area contributed by atoms with E-state index in [0.29, 0.717) is 21.3 Å². The van der Waals surface area contributed by atoms with Gasteiger partial charge in [-0.25, -0.2) is 9.78 Å². The fraction of sp³-hybridized carbons (Fsp3) is 0.154. The molecule has 0 N–H and O–H groups in total. The summed E-state index contributed by atoms with van der Waals surface area (Å²) in [5.74, 6) is -0.454. The second-order valence-corrected chi connectivity index (χ2v) is 5.96. The second-order valence-electron chi connectivity index (χ2n) is 4.52. The van der Waals surface area contributed by atoms with E-state index in [1.54, 1.807) is 22.2 Å². The van der Waals surface area contributed by atoms with E-state index in [1.807, 2.05) is 0 Å². The summed E-state index contributed by atoms with van der Waals surface area (Å²) in [6, 6.07) is 3.17. The fourth-order valence-electron chi connectivity index (χ4n) is 2.12. The topological polar surface area (TPSA) is 86.8 Å². The SMILES string of the molecule is CC(=O)n1c(=O)nc2n(Cc3csc(Cl)n3)cccc-2c1=O. The highest BCUT2D eigenvalue weighted by atomic mass is 35.5. The van der Waals surface area contributed by atoms with Crippen LogP contribution in [-0.2, 0) is 6.54 Å². The molecule has 112 valence electrons. The van der Waals surface area contributed by atoms with Crippen molar-refractivity contribution in [2.24, 2.45) is 0 Å². The number of pyridine rings is 1. The summed E-state index contributed by atoms with van der Waals surface area (Å²) in [5.41, 5.74) is -0.675. The number of thiazole rings is 1. The highest BCUT2D eigenvalue weighted by Gasteiger charge is 2.19. The van der Waals surface area contributed by atoms with Gasteiger partial charge in [0.25, 0.3) is 5.56 Å². The average Bonchev–Trinajstić information content (AvgIpc) is 2.85. The zero-order chi connectivity index (χ0) is 15.9. The summed E-state index contributed by atoms with van der Waals surface area (Å²) >= 11 is 7.08. The summed E-state index contributed by atoms with van der Waals surface area (Å²) in [4.78, 5) is 43.5. The Morgan fingerprint density at radius 2 is 2.14 bits per heavy atom. The van der Waals surface area contributed by atoms with Crippen molar-refractivity contribution in [3.8, 4) is 11.4 Å². The average molecular weight is 337 g/mol. The Hall–Kier alpha value is -2.32. The number of rotatable bonds is 2. The van der Waals surface area contributed by atoms with Gasteiger partial charge in [-0.3, -0.25) is 9.59 Å². The standard InChI is InChI=1S/C13H9ClN4O3S/c1-7(19)18-11(20)9-3-2-4-17(10(9)16-13(18)21)5-8-6-22-12(14)15-8/h2-4,6H,5H2,1H3. The van der Waals surface area contributed by atoms with Gasteiger partial charge in [0.05, 0.1) is 17.8 Å². The van der Waals surface area contributed by atoms with Gasteiger partial charge < -0.3 is 4.57 Å². The molecule has 22 heavy (non-hydrogen) atoms. The summed E-state index contributed by atoms with van der Waals surface area (Å²) in [7, 11) is 0. The second kappa shape index (κ2) is 5.47. The van der Waals surface area contributed by atoms with Gasteiger partial charge in [-0.05, 0) is 12.1 Å². The monoisotopic (exact) mass is 336 g/mol. The third kappa shape index (κ3) is 2.46. The Morgan fingerprint density at radius 1 is 1.36 bits per heavy atom. The van der Waals surface area contributed by atoms with Crippen molar-refractivity contribution in [1.82, 2.24) is 19.1 Å². The van der Waals surface area contributed by atoms with Crippen LogP contribution >= 0.6 is 22.9 Å². The highest BCUT2D eigenvalue weighted by molar-refractivity contribution is 7.13. The molecule has 3 rings (SSSR count). The fourth-order valence-corrected chi connectivity index (χ4v) is 2.89. The molecular weight excluding hydrogens is 328 g/mol. The van der Waals surface area contributed by atoms with E-state index in [4.69, 9.17) is 11.6 Å². The summed E-state index contributed by atoms with van der Waals surface area (Å²) < 4.78 is 2.55. The number of fused-ring (bicyclic) bond motifs is 1. The van der Waals surface area contributed by atoms with Crippen LogP contribution in [0.2, 0.25) is 4.47 Å².